The van der Waals surface area contributed by atoms with Gasteiger partial charge in [-0.05, 0) is 18.6 Å². The summed E-state index contributed by atoms with van der Waals surface area (Å²) in [5.74, 6) is -0.974. The van der Waals surface area contributed by atoms with E-state index in [1.165, 1.54) is 6.92 Å². The largest absolute Gasteiger partial charge is 0.462 e. The minimum atomic E-state index is -0.918. The van der Waals surface area contributed by atoms with E-state index in [1.807, 2.05) is 6.07 Å². The van der Waals surface area contributed by atoms with Crippen LogP contribution in [0.3, 0.4) is 0 Å². The molecule has 1 N–H and O–H groups in total. The average Bonchev–Trinajstić information content (AvgIpc) is 3.00. The van der Waals surface area contributed by atoms with Crippen LogP contribution in [-0.4, -0.2) is 17.7 Å². The normalized spacial score (nSPS) is 23.3. The number of furan rings is 1. The van der Waals surface area contributed by atoms with Gasteiger partial charge in [0.1, 0.15) is 29.8 Å². The quantitative estimate of drug-likeness (QED) is 0.853. The van der Waals surface area contributed by atoms with Gasteiger partial charge >= 0.3 is 5.97 Å². The molecule has 7 nitrogen and oxygen atoms in total. The molecule has 1 aromatic heterocycles. The highest BCUT2D eigenvalue weighted by Gasteiger charge is 2.44. The molecule has 24 heavy (non-hydrogen) atoms. The number of ether oxygens (including phenoxy) is 2. The lowest BCUT2D eigenvalue weighted by Gasteiger charge is -2.32. The molecule has 0 spiro atoms. The zero-order chi connectivity index (χ0) is 17.3. The molecule has 7 heteroatoms. The maximum absolute atomic E-state index is 12.4. The second kappa shape index (κ2) is 6.32. The van der Waals surface area contributed by atoms with Crippen LogP contribution >= 0.6 is 0 Å². The van der Waals surface area contributed by atoms with Gasteiger partial charge in [0.15, 0.2) is 5.78 Å². The number of hydrogen-bond donors (Lipinski definition) is 1. The van der Waals surface area contributed by atoms with Crippen molar-refractivity contribution >= 4 is 17.7 Å². The van der Waals surface area contributed by atoms with Gasteiger partial charge in [-0.25, -0.2) is 0 Å². The molecule has 0 aromatic carbocycles. The molecule has 0 bridgehead atoms. The predicted molar refractivity (Wildman–Crippen MR) is 80.7 cm³/mol. The van der Waals surface area contributed by atoms with Crippen LogP contribution in [-0.2, 0) is 25.7 Å². The molecule has 0 saturated heterocycles. The van der Waals surface area contributed by atoms with Crippen molar-refractivity contribution in [3.63, 3.8) is 0 Å². The number of nitrogens with one attached hydrogen (secondary N) is 1. The third kappa shape index (κ3) is 2.83. The Balaban J connectivity index is 1.99. The van der Waals surface area contributed by atoms with Crippen molar-refractivity contribution in [3.05, 3.63) is 35.0 Å². The number of nitrogens with zero attached hydrogens (tertiary/aromatic N) is 1. The molecule has 3 rings (SSSR count). The molecular weight excluding hydrogens is 312 g/mol. The highest BCUT2D eigenvalue weighted by molar-refractivity contribution is 6.01. The lowest BCUT2D eigenvalue weighted by atomic mass is 9.76. The molecule has 1 aliphatic heterocycles. The predicted octanol–water partition coefficient (Wildman–Crippen LogP) is 2.58. The minimum Gasteiger partial charge on any atom is -0.462 e. The van der Waals surface area contributed by atoms with Crippen LogP contribution in [0.5, 0.6) is 0 Å². The molecule has 0 saturated carbocycles. The number of ketones is 1. The van der Waals surface area contributed by atoms with Gasteiger partial charge in [-0.15, -0.1) is 0 Å². The van der Waals surface area contributed by atoms with E-state index < -0.39 is 17.8 Å². The first-order valence-electron chi connectivity index (χ1n) is 7.65. The molecule has 2 heterocycles. The third-order valence-corrected chi connectivity index (χ3v) is 4.11. The molecular formula is C17H16N2O5. The fourth-order valence-electron chi connectivity index (χ4n) is 3.05. The number of nitriles is 1. The van der Waals surface area contributed by atoms with Crippen molar-refractivity contribution in [1.29, 1.82) is 10.7 Å². The Kier molecular flexibility index (Phi) is 4.21. The van der Waals surface area contributed by atoms with E-state index >= 15 is 0 Å². The maximum atomic E-state index is 12.4. The summed E-state index contributed by atoms with van der Waals surface area (Å²) in [5.41, 5.74) is 0.428. The van der Waals surface area contributed by atoms with E-state index in [1.54, 1.807) is 12.1 Å². The summed E-state index contributed by atoms with van der Waals surface area (Å²) in [4.78, 5) is 23.3. The van der Waals surface area contributed by atoms with E-state index in [0.29, 0.717) is 42.1 Å². The van der Waals surface area contributed by atoms with Crippen LogP contribution in [0.2, 0.25) is 0 Å². The molecule has 0 fully saturated rings. The monoisotopic (exact) mass is 328 g/mol. The van der Waals surface area contributed by atoms with Crippen LogP contribution in [0.15, 0.2) is 27.9 Å². The summed E-state index contributed by atoms with van der Waals surface area (Å²) in [7, 11) is 0. The Labute approximate surface area is 138 Å². The van der Waals surface area contributed by atoms with Crippen molar-refractivity contribution in [3.8, 4) is 6.07 Å². The van der Waals surface area contributed by atoms with Crippen molar-refractivity contribution in [1.82, 2.24) is 0 Å². The van der Waals surface area contributed by atoms with Crippen LogP contribution in [0.1, 0.15) is 43.6 Å². The molecule has 2 atom stereocenters. The lowest BCUT2D eigenvalue weighted by molar-refractivity contribution is -0.142. The highest BCUT2D eigenvalue weighted by Crippen LogP contribution is 2.43. The fraction of sp³-hybridized carbons (Fsp3) is 0.412. The number of carbonyl (C=O) groups excluding carboxylic acids is 2. The Bertz CT molecular complexity index is 783. The second-order valence-electron chi connectivity index (χ2n) is 5.75. The second-order valence-corrected chi connectivity index (χ2v) is 5.75. The lowest BCUT2D eigenvalue weighted by Crippen LogP contribution is -2.34. The van der Waals surface area contributed by atoms with Crippen molar-refractivity contribution < 1.29 is 23.5 Å². The van der Waals surface area contributed by atoms with Gasteiger partial charge in [0, 0.05) is 25.3 Å². The summed E-state index contributed by atoms with van der Waals surface area (Å²) >= 11 is 0. The van der Waals surface area contributed by atoms with E-state index in [2.05, 4.69) is 0 Å². The first-order chi connectivity index (χ1) is 11.5. The van der Waals surface area contributed by atoms with Crippen LogP contribution in [0.4, 0.5) is 0 Å². The minimum absolute atomic E-state index is 0.0208. The van der Waals surface area contributed by atoms with Crippen LogP contribution in [0.25, 0.3) is 0 Å². The van der Waals surface area contributed by atoms with Gasteiger partial charge in [-0.3, -0.25) is 15.0 Å². The zero-order valence-electron chi connectivity index (χ0n) is 13.1. The Hall–Kier alpha value is -2.88. The molecule has 0 amide bonds. The standard InChI is InChI=1S/C17H16N2O5/c1-9(20)22-8-10-5-6-14(23-10)15-11(7-18)17(19)24-13-4-2-3-12(21)16(13)15/h5-6,11,15,19H,2-4,8H2,1H3. The van der Waals surface area contributed by atoms with Gasteiger partial charge in [-0.1, -0.05) is 0 Å². The summed E-state index contributed by atoms with van der Waals surface area (Å²) < 4.78 is 16.0. The molecule has 1 aliphatic carbocycles. The highest BCUT2D eigenvalue weighted by atomic mass is 16.5. The molecule has 2 unspecified atom stereocenters. The Morgan fingerprint density at radius 3 is 2.96 bits per heavy atom. The van der Waals surface area contributed by atoms with Gasteiger partial charge in [0.25, 0.3) is 0 Å². The Morgan fingerprint density at radius 1 is 1.46 bits per heavy atom. The average molecular weight is 328 g/mol. The molecule has 1 aromatic rings. The maximum Gasteiger partial charge on any atom is 0.303 e. The summed E-state index contributed by atoms with van der Waals surface area (Å²) in [5, 5.41) is 17.4. The third-order valence-electron chi connectivity index (χ3n) is 4.11. The van der Waals surface area contributed by atoms with Gasteiger partial charge < -0.3 is 13.9 Å². The molecule has 2 aliphatic rings. The van der Waals surface area contributed by atoms with E-state index in [4.69, 9.17) is 19.3 Å². The van der Waals surface area contributed by atoms with Gasteiger partial charge in [0.2, 0.25) is 5.90 Å². The molecule has 124 valence electrons. The number of rotatable bonds is 3. The number of allylic oxidation sites excluding steroid dienone is 2. The first kappa shape index (κ1) is 16.0. The van der Waals surface area contributed by atoms with E-state index in [-0.39, 0.29) is 18.3 Å². The summed E-state index contributed by atoms with van der Waals surface area (Å²) in [6.07, 6.45) is 1.63. The van der Waals surface area contributed by atoms with Crippen molar-refractivity contribution in [2.75, 3.05) is 0 Å². The van der Waals surface area contributed by atoms with Gasteiger partial charge in [0.05, 0.1) is 12.0 Å². The smallest absolute Gasteiger partial charge is 0.303 e. The van der Waals surface area contributed by atoms with E-state index in [9.17, 15) is 14.9 Å². The summed E-state index contributed by atoms with van der Waals surface area (Å²) in [6, 6.07) is 5.32. The number of Topliss-reactive ketones (excluding diaryl/α,β-unsaturated/α-hetero) is 1. The Morgan fingerprint density at radius 2 is 2.25 bits per heavy atom. The first-order valence-corrected chi connectivity index (χ1v) is 7.65. The number of esters is 1. The fourth-order valence-corrected chi connectivity index (χ4v) is 3.05. The van der Waals surface area contributed by atoms with E-state index in [0.717, 1.165) is 0 Å². The van der Waals surface area contributed by atoms with Crippen molar-refractivity contribution in [2.45, 2.75) is 38.7 Å². The van der Waals surface area contributed by atoms with Crippen molar-refractivity contribution in [2.24, 2.45) is 5.92 Å². The topological polar surface area (TPSA) is 113 Å². The summed E-state index contributed by atoms with van der Waals surface area (Å²) in [6.45, 7) is 1.28. The number of hydrogen-bond acceptors (Lipinski definition) is 7. The zero-order valence-corrected chi connectivity index (χ0v) is 13.1. The van der Waals surface area contributed by atoms with Crippen LogP contribution in [0, 0.1) is 22.7 Å². The van der Waals surface area contributed by atoms with Gasteiger partial charge in [-0.2, -0.15) is 5.26 Å². The SMILES string of the molecule is CC(=O)OCc1ccc(C2C3=C(CCCC3=O)OC(=N)C2C#N)o1. The van der Waals surface area contributed by atoms with Crippen LogP contribution < -0.4 is 0 Å². The number of carbonyl (C=O) groups is 2. The molecule has 0 radical (unpaired) electrons.